The highest BCUT2D eigenvalue weighted by Crippen LogP contribution is 2.29. The Morgan fingerprint density at radius 2 is 1.69 bits per heavy atom. The van der Waals surface area contributed by atoms with Crippen molar-refractivity contribution in [1.29, 1.82) is 0 Å². The number of hydrogen-bond acceptors (Lipinski definition) is 3. The molecular formula is C21H24N2O3. The van der Waals surface area contributed by atoms with E-state index in [4.69, 9.17) is 0 Å². The summed E-state index contributed by atoms with van der Waals surface area (Å²) in [5.41, 5.74) is 3.57. The van der Waals surface area contributed by atoms with E-state index < -0.39 is 6.09 Å². The van der Waals surface area contributed by atoms with Crippen molar-refractivity contribution >= 4 is 17.7 Å². The molecule has 2 amide bonds. The number of hydrogen-bond donors (Lipinski definition) is 1. The van der Waals surface area contributed by atoms with Crippen molar-refractivity contribution in [3.8, 4) is 0 Å². The van der Waals surface area contributed by atoms with Crippen LogP contribution in [0, 0.1) is 6.92 Å². The minimum Gasteiger partial charge on any atom is -0.453 e. The normalized spacial score (nSPS) is 14.8. The van der Waals surface area contributed by atoms with Gasteiger partial charge in [0.1, 0.15) is 0 Å². The summed E-state index contributed by atoms with van der Waals surface area (Å²) >= 11 is 0. The Hall–Kier alpha value is -2.82. The number of carbonyl (C=O) groups is 2. The molecule has 0 aliphatic carbocycles. The summed E-state index contributed by atoms with van der Waals surface area (Å²) < 4.78 is 4.63. The van der Waals surface area contributed by atoms with Gasteiger partial charge in [-0.05, 0) is 43.4 Å². The van der Waals surface area contributed by atoms with Gasteiger partial charge >= 0.3 is 6.09 Å². The summed E-state index contributed by atoms with van der Waals surface area (Å²) in [6, 6.07) is 15.7. The number of benzene rings is 2. The number of rotatable bonds is 3. The Balaban J connectivity index is 1.67. The molecule has 1 saturated heterocycles. The highest BCUT2D eigenvalue weighted by atomic mass is 16.5. The van der Waals surface area contributed by atoms with Gasteiger partial charge in [-0.15, -0.1) is 0 Å². The molecule has 0 spiro atoms. The van der Waals surface area contributed by atoms with Crippen molar-refractivity contribution in [2.75, 3.05) is 25.5 Å². The van der Waals surface area contributed by atoms with Crippen LogP contribution in [-0.2, 0) is 4.74 Å². The third kappa shape index (κ3) is 4.04. The van der Waals surface area contributed by atoms with Gasteiger partial charge in [-0.3, -0.25) is 10.1 Å². The number of nitrogens with one attached hydrogen (secondary N) is 1. The van der Waals surface area contributed by atoms with Gasteiger partial charge in [-0.2, -0.15) is 0 Å². The van der Waals surface area contributed by atoms with Crippen LogP contribution in [0.4, 0.5) is 10.5 Å². The topological polar surface area (TPSA) is 58.6 Å². The second-order valence-electron chi connectivity index (χ2n) is 6.64. The zero-order chi connectivity index (χ0) is 18.5. The minimum absolute atomic E-state index is 0.0561. The third-order valence-electron chi connectivity index (χ3n) is 4.91. The lowest BCUT2D eigenvalue weighted by atomic mass is 9.89. The largest absolute Gasteiger partial charge is 0.453 e. The molecule has 26 heavy (non-hydrogen) atoms. The van der Waals surface area contributed by atoms with Gasteiger partial charge in [-0.1, -0.05) is 42.0 Å². The molecule has 1 aliphatic rings. The molecular weight excluding hydrogens is 328 g/mol. The quantitative estimate of drug-likeness (QED) is 0.901. The molecule has 1 aliphatic heterocycles. The molecule has 1 fully saturated rings. The van der Waals surface area contributed by atoms with Gasteiger partial charge in [0.2, 0.25) is 0 Å². The maximum absolute atomic E-state index is 12.9. The van der Waals surface area contributed by atoms with E-state index in [0.29, 0.717) is 30.3 Å². The molecule has 1 N–H and O–H groups in total. The number of aryl methyl sites for hydroxylation is 1. The lowest BCUT2D eigenvalue weighted by Crippen LogP contribution is -2.38. The number of piperidine rings is 1. The minimum atomic E-state index is -0.580. The van der Waals surface area contributed by atoms with E-state index in [1.54, 1.807) is 24.3 Å². The molecule has 1 heterocycles. The summed E-state index contributed by atoms with van der Waals surface area (Å²) in [6.45, 7) is 3.51. The first-order chi connectivity index (χ1) is 12.6. The average Bonchev–Trinajstić information content (AvgIpc) is 2.68. The van der Waals surface area contributed by atoms with Crippen LogP contribution >= 0.6 is 0 Å². The van der Waals surface area contributed by atoms with Crippen molar-refractivity contribution in [3.63, 3.8) is 0 Å². The van der Waals surface area contributed by atoms with Crippen LogP contribution in [0.3, 0.4) is 0 Å². The smallest absolute Gasteiger partial charge is 0.411 e. The van der Waals surface area contributed by atoms with Crippen LogP contribution in [-0.4, -0.2) is 37.1 Å². The van der Waals surface area contributed by atoms with Crippen LogP contribution in [0.15, 0.2) is 48.5 Å². The predicted octanol–water partition coefficient (Wildman–Crippen LogP) is 4.19. The third-order valence-corrected chi connectivity index (χ3v) is 4.91. The summed E-state index contributed by atoms with van der Waals surface area (Å²) in [6.07, 6.45) is 1.31. The SMILES string of the molecule is COC(=O)Nc1ccccc1C(=O)N1CCC(c2ccc(C)cc2)CC1. The first-order valence-corrected chi connectivity index (χ1v) is 8.88. The lowest BCUT2D eigenvalue weighted by molar-refractivity contribution is 0.0714. The maximum Gasteiger partial charge on any atom is 0.411 e. The van der Waals surface area contributed by atoms with Crippen LogP contribution in [0.2, 0.25) is 0 Å². The summed E-state index contributed by atoms with van der Waals surface area (Å²) in [4.78, 5) is 26.3. The highest BCUT2D eigenvalue weighted by Gasteiger charge is 2.26. The number of carbonyl (C=O) groups excluding carboxylic acids is 2. The van der Waals surface area contributed by atoms with Crippen molar-refractivity contribution < 1.29 is 14.3 Å². The molecule has 136 valence electrons. The molecule has 0 bridgehead atoms. The van der Waals surface area contributed by atoms with E-state index in [2.05, 4.69) is 41.2 Å². The van der Waals surface area contributed by atoms with E-state index in [0.717, 1.165) is 12.8 Å². The van der Waals surface area contributed by atoms with E-state index in [1.165, 1.54) is 18.2 Å². The van der Waals surface area contributed by atoms with Gasteiger partial charge in [0.05, 0.1) is 18.4 Å². The molecule has 0 saturated carbocycles. The standard InChI is InChI=1S/C21H24N2O3/c1-15-7-9-16(10-8-15)17-11-13-23(14-12-17)20(24)18-5-3-4-6-19(18)22-21(25)26-2/h3-10,17H,11-14H2,1-2H3,(H,22,25). The van der Waals surface area contributed by atoms with E-state index in [9.17, 15) is 9.59 Å². The van der Waals surface area contributed by atoms with Crippen LogP contribution in [0.25, 0.3) is 0 Å². The van der Waals surface area contributed by atoms with Crippen molar-refractivity contribution in [2.45, 2.75) is 25.7 Å². The number of amides is 2. The van der Waals surface area contributed by atoms with Gasteiger partial charge in [0, 0.05) is 13.1 Å². The number of nitrogens with zero attached hydrogens (tertiary/aromatic N) is 1. The summed E-state index contributed by atoms with van der Waals surface area (Å²) in [5, 5.41) is 2.61. The Morgan fingerprint density at radius 1 is 1.04 bits per heavy atom. The fraction of sp³-hybridized carbons (Fsp3) is 0.333. The molecule has 0 atom stereocenters. The number of likely N-dealkylation sites (tertiary alicyclic amines) is 1. The molecule has 0 aromatic heterocycles. The molecule has 0 unspecified atom stereocenters. The Morgan fingerprint density at radius 3 is 2.35 bits per heavy atom. The van der Waals surface area contributed by atoms with Crippen LogP contribution in [0.1, 0.15) is 40.2 Å². The molecule has 3 rings (SSSR count). The van der Waals surface area contributed by atoms with Gasteiger partial charge in [0.25, 0.3) is 5.91 Å². The second-order valence-corrected chi connectivity index (χ2v) is 6.64. The first-order valence-electron chi connectivity index (χ1n) is 8.88. The first kappa shape index (κ1) is 18.0. The molecule has 2 aromatic carbocycles. The monoisotopic (exact) mass is 352 g/mol. The zero-order valence-corrected chi connectivity index (χ0v) is 15.2. The van der Waals surface area contributed by atoms with E-state index in [1.807, 2.05) is 4.90 Å². The van der Waals surface area contributed by atoms with Gasteiger partial charge < -0.3 is 9.64 Å². The van der Waals surface area contributed by atoms with Crippen LogP contribution in [0.5, 0.6) is 0 Å². The van der Waals surface area contributed by atoms with Gasteiger partial charge in [0.15, 0.2) is 0 Å². The predicted molar refractivity (Wildman–Crippen MR) is 102 cm³/mol. The van der Waals surface area contributed by atoms with E-state index >= 15 is 0 Å². The number of ether oxygens (including phenoxy) is 1. The number of methoxy groups -OCH3 is 1. The molecule has 5 nitrogen and oxygen atoms in total. The van der Waals surface area contributed by atoms with Crippen molar-refractivity contribution in [1.82, 2.24) is 4.90 Å². The van der Waals surface area contributed by atoms with Crippen LogP contribution < -0.4 is 5.32 Å². The fourth-order valence-electron chi connectivity index (χ4n) is 3.36. The number of anilines is 1. The fourth-order valence-corrected chi connectivity index (χ4v) is 3.36. The highest BCUT2D eigenvalue weighted by molar-refractivity contribution is 6.02. The Kier molecular flexibility index (Phi) is 5.56. The molecule has 0 radical (unpaired) electrons. The Labute approximate surface area is 154 Å². The summed E-state index contributed by atoms with van der Waals surface area (Å²) in [7, 11) is 1.30. The van der Waals surface area contributed by atoms with E-state index in [-0.39, 0.29) is 5.91 Å². The average molecular weight is 352 g/mol. The van der Waals surface area contributed by atoms with Crippen molar-refractivity contribution in [3.05, 3.63) is 65.2 Å². The molecule has 2 aromatic rings. The lowest BCUT2D eigenvalue weighted by Gasteiger charge is -2.32. The maximum atomic E-state index is 12.9. The Bertz CT molecular complexity index is 778. The second kappa shape index (κ2) is 8.04. The summed E-state index contributed by atoms with van der Waals surface area (Å²) in [5.74, 6) is 0.433. The molecule has 5 heteroatoms. The van der Waals surface area contributed by atoms with Gasteiger partial charge in [-0.25, -0.2) is 4.79 Å². The van der Waals surface area contributed by atoms with Crippen molar-refractivity contribution in [2.24, 2.45) is 0 Å². The number of para-hydroxylation sites is 1. The zero-order valence-electron chi connectivity index (χ0n) is 15.2.